The maximum Gasteiger partial charge on any atom is 0.126 e. The summed E-state index contributed by atoms with van der Waals surface area (Å²) < 4.78 is 31.5. The molecule has 1 aromatic rings. The van der Waals surface area contributed by atoms with Crippen molar-refractivity contribution in [3.8, 4) is 0 Å². The fourth-order valence-corrected chi connectivity index (χ4v) is 2.74. The highest BCUT2D eigenvalue weighted by Gasteiger charge is 2.34. The lowest BCUT2D eigenvalue weighted by atomic mass is 9.79. The zero-order valence-corrected chi connectivity index (χ0v) is 10.5. The lowest BCUT2D eigenvalue weighted by Crippen LogP contribution is -2.40. The standard InChI is InChI=1S/C14H18F2O2/c1-18-13-3-2-4-14(17,9-13)8-10-5-11(15)7-12(16)6-10/h5-7,13,17H,2-4,8-9H2,1H3. The number of methoxy groups -OCH3 is 1. The lowest BCUT2D eigenvalue weighted by Gasteiger charge is -2.36. The first-order chi connectivity index (χ1) is 8.50. The summed E-state index contributed by atoms with van der Waals surface area (Å²) in [5.74, 6) is -1.21. The van der Waals surface area contributed by atoms with Gasteiger partial charge >= 0.3 is 0 Å². The molecule has 2 atom stereocenters. The number of halogens is 2. The highest BCUT2D eigenvalue weighted by atomic mass is 19.1. The minimum Gasteiger partial charge on any atom is -0.389 e. The second-order valence-corrected chi connectivity index (χ2v) is 5.13. The van der Waals surface area contributed by atoms with Gasteiger partial charge in [-0.2, -0.15) is 0 Å². The van der Waals surface area contributed by atoms with Crippen LogP contribution in [0, 0.1) is 11.6 Å². The van der Waals surface area contributed by atoms with Gasteiger partial charge in [-0.05, 0) is 37.0 Å². The molecule has 1 aliphatic rings. The molecule has 100 valence electrons. The van der Waals surface area contributed by atoms with Gasteiger partial charge in [-0.1, -0.05) is 0 Å². The number of benzene rings is 1. The topological polar surface area (TPSA) is 29.5 Å². The summed E-state index contributed by atoms with van der Waals surface area (Å²) in [5.41, 5.74) is -0.425. The second-order valence-electron chi connectivity index (χ2n) is 5.13. The van der Waals surface area contributed by atoms with E-state index in [1.807, 2.05) is 0 Å². The SMILES string of the molecule is COC1CCCC(O)(Cc2cc(F)cc(F)c2)C1. The Morgan fingerprint density at radius 2 is 2.00 bits per heavy atom. The van der Waals surface area contributed by atoms with E-state index in [2.05, 4.69) is 0 Å². The second kappa shape index (κ2) is 5.33. The van der Waals surface area contributed by atoms with Crippen molar-refractivity contribution in [1.82, 2.24) is 0 Å². The van der Waals surface area contributed by atoms with E-state index in [1.165, 1.54) is 12.1 Å². The Hall–Kier alpha value is -1.00. The van der Waals surface area contributed by atoms with Crippen LogP contribution in [-0.4, -0.2) is 23.9 Å². The molecule has 0 bridgehead atoms. The van der Waals surface area contributed by atoms with Gasteiger partial charge in [-0.25, -0.2) is 8.78 Å². The van der Waals surface area contributed by atoms with Crippen molar-refractivity contribution >= 4 is 0 Å². The highest BCUT2D eigenvalue weighted by Crippen LogP contribution is 2.32. The molecule has 2 unspecified atom stereocenters. The number of ether oxygens (including phenoxy) is 1. The van der Waals surface area contributed by atoms with Crippen LogP contribution in [0.25, 0.3) is 0 Å². The van der Waals surface area contributed by atoms with E-state index in [0.29, 0.717) is 18.4 Å². The molecule has 1 aliphatic carbocycles. The summed E-state index contributed by atoms with van der Waals surface area (Å²) in [6, 6.07) is 3.39. The van der Waals surface area contributed by atoms with Gasteiger partial charge in [0.15, 0.2) is 0 Å². The predicted molar refractivity (Wildman–Crippen MR) is 64.3 cm³/mol. The van der Waals surface area contributed by atoms with E-state index in [1.54, 1.807) is 7.11 Å². The van der Waals surface area contributed by atoms with E-state index in [4.69, 9.17) is 4.74 Å². The predicted octanol–water partition coefficient (Wildman–Crippen LogP) is 2.83. The molecular formula is C14H18F2O2. The molecule has 0 amide bonds. The van der Waals surface area contributed by atoms with Gasteiger partial charge < -0.3 is 9.84 Å². The van der Waals surface area contributed by atoms with Crippen molar-refractivity contribution in [2.45, 2.75) is 43.8 Å². The fraction of sp³-hybridized carbons (Fsp3) is 0.571. The van der Waals surface area contributed by atoms with Gasteiger partial charge in [-0.15, -0.1) is 0 Å². The van der Waals surface area contributed by atoms with Crippen LogP contribution in [0.15, 0.2) is 18.2 Å². The molecule has 0 heterocycles. The van der Waals surface area contributed by atoms with Crippen molar-refractivity contribution < 1.29 is 18.6 Å². The van der Waals surface area contributed by atoms with Crippen molar-refractivity contribution in [3.05, 3.63) is 35.4 Å². The summed E-state index contributed by atoms with van der Waals surface area (Å²) in [7, 11) is 1.62. The van der Waals surface area contributed by atoms with Crippen LogP contribution in [0.4, 0.5) is 8.78 Å². The minimum absolute atomic E-state index is 0.0298. The minimum atomic E-state index is -0.917. The molecule has 0 aliphatic heterocycles. The van der Waals surface area contributed by atoms with Crippen LogP contribution in [0.3, 0.4) is 0 Å². The molecule has 1 saturated carbocycles. The third-order valence-electron chi connectivity index (χ3n) is 3.56. The van der Waals surface area contributed by atoms with Crippen LogP contribution in [0.2, 0.25) is 0 Å². The summed E-state index contributed by atoms with van der Waals surface area (Å²) in [6.45, 7) is 0. The van der Waals surface area contributed by atoms with Crippen LogP contribution in [0.1, 0.15) is 31.2 Å². The Balaban J connectivity index is 2.11. The normalized spacial score (nSPS) is 28.3. The maximum atomic E-state index is 13.1. The van der Waals surface area contributed by atoms with E-state index in [-0.39, 0.29) is 12.5 Å². The number of hydrogen-bond donors (Lipinski definition) is 1. The van der Waals surface area contributed by atoms with Gasteiger partial charge in [0.2, 0.25) is 0 Å². The first-order valence-electron chi connectivity index (χ1n) is 6.21. The largest absolute Gasteiger partial charge is 0.389 e. The smallest absolute Gasteiger partial charge is 0.126 e. The van der Waals surface area contributed by atoms with Gasteiger partial charge in [-0.3, -0.25) is 0 Å². The zero-order chi connectivity index (χ0) is 13.2. The van der Waals surface area contributed by atoms with Crippen molar-refractivity contribution in [2.75, 3.05) is 7.11 Å². The Bertz CT molecular complexity index is 402. The van der Waals surface area contributed by atoms with Gasteiger partial charge in [0.05, 0.1) is 11.7 Å². The highest BCUT2D eigenvalue weighted by molar-refractivity contribution is 5.20. The quantitative estimate of drug-likeness (QED) is 0.901. The Morgan fingerprint density at radius 3 is 2.61 bits per heavy atom. The van der Waals surface area contributed by atoms with E-state index < -0.39 is 17.2 Å². The van der Waals surface area contributed by atoms with Gasteiger partial charge in [0.1, 0.15) is 11.6 Å². The molecule has 0 aromatic heterocycles. The lowest BCUT2D eigenvalue weighted by molar-refractivity contribution is -0.0581. The zero-order valence-electron chi connectivity index (χ0n) is 10.5. The van der Waals surface area contributed by atoms with Crippen LogP contribution >= 0.6 is 0 Å². The molecule has 0 radical (unpaired) electrons. The third kappa shape index (κ3) is 3.27. The molecule has 0 saturated heterocycles. The molecule has 1 N–H and O–H groups in total. The first kappa shape index (κ1) is 13.4. The van der Waals surface area contributed by atoms with Gasteiger partial charge in [0.25, 0.3) is 0 Å². The van der Waals surface area contributed by atoms with Crippen LogP contribution in [0.5, 0.6) is 0 Å². The number of hydrogen-bond acceptors (Lipinski definition) is 2. The molecule has 18 heavy (non-hydrogen) atoms. The molecule has 2 nitrogen and oxygen atoms in total. The molecule has 1 aromatic carbocycles. The van der Waals surface area contributed by atoms with Crippen molar-refractivity contribution in [2.24, 2.45) is 0 Å². The van der Waals surface area contributed by atoms with Crippen molar-refractivity contribution in [3.63, 3.8) is 0 Å². The molecule has 4 heteroatoms. The monoisotopic (exact) mass is 256 g/mol. The Labute approximate surface area is 106 Å². The maximum absolute atomic E-state index is 13.1. The molecular weight excluding hydrogens is 238 g/mol. The average molecular weight is 256 g/mol. The third-order valence-corrected chi connectivity index (χ3v) is 3.56. The summed E-state index contributed by atoms with van der Waals surface area (Å²) in [4.78, 5) is 0. The Morgan fingerprint density at radius 1 is 1.33 bits per heavy atom. The average Bonchev–Trinajstić information content (AvgIpc) is 2.26. The van der Waals surface area contributed by atoms with Crippen molar-refractivity contribution in [1.29, 1.82) is 0 Å². The van der Waals surface area contributed by atoms with Crippen LogP contribution in [-0.2, 0) is 11.2 Å². The number of aliphatic hydroxyl groups is 1. The first-order valence-corrected chi connectivity index (χ1v) is 6.21. The fourth-order valence-electron chi connectivity index (χ4n) is 2.74. The van der Waals surface area contributed by atoms with Crippen LogP contribution < -0.4 is 0 Å². The summed E-state index contributed by atoms with van der Waals surface area (Å²) in [5, 5.41) is 10.5. The number of rotatable bonds is 3. The summed E-state index contributed by atoms with van der Waals surface area (Å²) >= 11 is 0. The van der Waals surface area contributed by atoms with E-state index >= 15 is 0 Å². The Kier molecular flexibility index (Phi) is 3.97. The molecule has 0 spiro atoms. The van der Waals surface area contributed by atoms with E-state index in [0.717, 1.165) is 18.9 Å². The summed E-state index contributed by atoms with van der Waals surface area (Å²) in [6.07, 6.45) is 3.25. The van der Waals surface area contributed by atoms with E-state index in [9.17, 15) is 13.9 Å². The van der Waals surface area contributed by atoms with Gasteiger partial charge in [0, 0.05) is 26.0 Å². The molecule has 1 fully saturated rings. The molecule has 2 rings (SSSR count).